The van der Waals surface area contributed by atoms with E-state index in [1.54, 1.807) is 35.3 Å². The summed E-state index contributed by atoms with van der Waals surface area (Å²) < 4.78 is 35.4. The molecule has 1 aliphatic rings. The van der Waals surface area contributed by atoms with E-state index in [2.05, 4.69) is 49.3 Å². The van der Waals surface area contributed by atoms with Crippen LogP contribution in [0.15, 0.2) is 53.7 Å². The second kappa shape index (κ2) is 10.0. The van der Waals surface area contributed by atoms with Gasteiger partial charge in [0.2, 0.25) is 0 Å². The number of carbonyl (C=O) groups excluding carboxylic acids is 1. The van der Waals surface area contributed by atoms with Crippen molar-refractivity contribution >= 4 is 27.4 Å². The zero-order chi connectivity index (χ0) is 27.0. The fraction of sp³-hybridized carbons (Fsp3) is 0.423. The third kappa shape index (κ3) is 5.87. The quantitative estimate of drug-likeness (QED) is 0.425. The van der Waals surface area contributed by atoms with Gasteiger partial charge in [0.1, 0.15) is 5.82 Å². The minimum absolute atomic E-state index is 0.0902. The van der Waals surface area contributed by atoms with E-state index >= 15 is 0 Å². The molecule has 0 unspecified atom stereocenters. The smallest absolute Gasteiger partial charge is 0.268 e. The number of rotatable bonds is 8. The van der Waals surface area contributed by atoms with Gasteiger partial charge in [0.05, 0.1) is 29.5 Å². The normalized spacial score (nSPS) is 17.2. The Labute approximate surface area is 217 Å². The second-order valence-corrected chi connectivity index (χ2v) is 12.3. The van der Waals surface area contributed by atoms with Crippen molar-refractivity contribution < 1.29 is 17.9 Å². The van der Waals surface area contributed by atoms with Gasteiger partial charge < -0.3 is 15.4 Å². The summed E-state index contributed by atoms with van der Waals surface area (Å²) in [4.78, 5) is 20.1. The summed E-state index contributed by atoms with van der Waals surface area (Å²) in [5.41, 5.74) is 5.89. The molecule has 3 aromatic rings. The third-order valence-electron chi connectivity index (χ3n) is 6.21. The molecule has 37 heavy (non-hydrogen) atoms. The maximum absolute atomic E-state index is 13.4. The van der Waals surface area contributed by atoms with E-state index in [-0.39, 0.29) is 21.7 Å². The number of sulfonamides is 1. The minimum atomic E-state index is -4.14. The number of nitrogen functional groups attached to an aromatic ring is 1. The van der Waals surface area contributed by atoms with E-state index in [1.807, 2.05) is 0 Å². The Kier molecular flexibility index (Phi) is 7.18. The fourth-order valence-corrected chi connectivity index (χ4v) is 5.62. The van der Waals surface area contributed by atoms with Crippen LogP contribution in [0.2, 0.25) is 0 Å². The van der Waals surface area contributed by atoms with Crippen molar-refractivity contribution in [3.8, 4) is 11.6 Å². The molecule has 0 bridgehead atoms. The zero-order valence-electron chi connectivity index (χ0n) is 21.8. The van der Waals surface area contributed by atoms with E-state index in [0.717, 1.165) is 6.42 Å². The molecule has 1 saturated heterocycles. The number of carbonyl (C=O) groups is 1. The summed E-state index contributed by atoms with van der Waals surface area (Å²) in [5.74, 6) is 1.46. The van der Waals surface area contributed by atoms with Crippen LogP contribution in [0.3, 0.4) is 0 Å². The number of benzene rings is 1. The lowest BCUT2D eigenvalue weighted by Gasteiger charge is -2.34. The van der Waals surface area contributed by atoms with Crippen LogP contribution in [0.5, 0.6) is 5.75 Å². The molecule has 0 aliphatic carbocycles. The highest BCUT2D eigenvalue weighted by molar-refractivity contribution is 7.90. The average molecular weight is 527 g/mol. The van der Waals surface area contributed by atoms with Gasteiger partial charge in [0.15, 0.2) is 11.6 Å². The van der Waals surface area contributed by atoms with Gasteiger partial charge in [-0.05, 0) is 62.4 Å². The summed E-state index contributed by atoms with van der Waals surface area (Å²) >= 11 is 0. The predicted octanol–water partition coefficient (Wildman–Crippen LogP) is 3.63. The maximum Gasteiger partial charge on any atom is 0.268 e. The van der Waals surface area contributed by atoms with Crippen LogP contribution in [0, 0.1) is 11.8 Å². The Balaban J connectivity index is 1.71. The van der Waals surface area contributed by atoms with Gasteiger partial charge in [-0.3, -0.25) is 4.79 Å². The molecule has 2 aromatic heterocycles. The molecule has 0 spiro atoms. The Morgan fingerprint density at radius 3 is 2.68 bits per heavy atom. The predicted molar refractivity (Wildman–Crippen MR) is 142 cm³/mol. The first kappa shape index (κ1) is 26.5. The Morgan fingerprint density at radius 2 is 2.03 bits per heavy atom. The van der Waals surface area contributed by atoms with E-state index in [0.29, 0.717) is 42.4 Å². The van der Waals surface area contributed by atoms with Gasteiger partial charge in [-0.2, -0.15) is 5.10 Å². The van der Waals surface area contributed by atoms with Crippen molar-refractivity contribution in [3.63, 3.8) is 0 Å². The molecular weight excluding hydrogens is 492 g/mol. The van der Waals surface area contributed by atoms with Crippen LogP contribution in [0.25, 0.3) is 5.82 Å². The molecule has 1 fully saturated rings. The largest absolute Gasteiger partial charge is 0.490 e. The molecule has 0 radical (unpaired) electrons. The van der Waals surface area contributed by atoms with Gasteiger partial charge in [-0.1, -0.05) is 26.8 Å². The monoisotopic (exact) mass is 526 g/mol. The molecule has 3 heterocycles. The number of aromatic nitrogens is 3. The van der Waals surface area contributed by atoms with Crippen molar-refractivity contribution in [1.29, 1.82) is 0 Å². The molecule has 3 N–H and O–H groups in total. The number of ether oxygens (including phenoxy) is 1. The topological polar surface area (TPSA) is 132 Å². The third-order valence-corrected chi connectivity index (χ3v) is 7.53. The number of pyridine rings is 1. The van der Waals surface area contributed by atoms with Crippen LogP contribution >= 0.6 is 0 Å². The summed E-state index contributed by atoms with van der Waals surface area (Å²) in [6.07, 6.45) is 4.25. The Morgan fingerprint density at radius 1 is 1.27 bits per heavy atom. The van der Waals surface area contributed by atoms with Crippen molar-refractivity contribution in [3.05, 3.63) is 54.4 Å². The van der Waals surface area contributed by atoms with Crippen LogP contribution in [-0.4, -0.2) is 47.8 Å². The highest BCUT2D eigenvalue weighted by Crippen LogP contribution is 2.37. The molecule has 1 atom stereocenters. The molecule has 1 amide bonds. The molecule has 198 valence electrons. The Bertz CT molecular complexity index is 1400. The van der Waals surface area contributed by atoms with E-state index in [9.17, 15) is 13.2 Å². The highest BCUT2D eigenvalue weighted by Gasteiger charge is 2.39. The van der Waals surface area contributed by atoms with Gasteiger partial charge in [0, 0.05) is 17.8 Å². The summed E-state index contributed by atoms with van der Waals surface area (Å²) in [5, 5.41) is 4.37. The van der Waals surface area contributed by atoms with E-state index < -0.39 is 15.9 Å². The lowest BCUT2D eigenvalue weighted by atomic mass is 9.97. The molecule has 0 saturated carbocycles. The first-order valence-corrected chi connectivity index (χ1v) is 13.7. The van der Waals surface area contributed by atoms with Crippen molar-refractivity contribution in [2.45, 2.75) is 51.5 Å². The first-order chi connectivity index (χ1) is 17.4. The second-order valence-electron chi connectivity index (χ2n) is 10.6. The SMILES string of the molecule is CC(C)COc1cnn(-c2ccc(C(=O)NS(=O)(=O)c3cccc(N)c3)c(N3C[C@@H](C)CC3(C)C)n2)c1. The Hall–Kier alpha value is -3.60. The number of hydrogen-bond donors (Lipinski definition) is 2. The zero-order valence-corrected chi connectivity index (χ0v) is 22.6. The lowest BCUT2D eigenvalue weighted by molar-refractivity contribution is 0.0981. The van der Waals surface area contributed by atoms with Crippen LogP contribution in [0.4, 0.5) is 11.5 Å². The number of amides is 1. The van der Waals surface area contributed by atoms with Crippen molar-refractivity contribution in [1.82, 2.24) is 19.5 Å². The molecule has 1 aromatic carbocycles. The van der Waals surface area contributed by atoms with Gasteiger partial charge in [-0.25, -0.2) is 22.8 Å². The van der Waals surface area contributed by atoms with Gasteiger partial charge >= 0.3 is 0 Å². The first-order valence-electron chi connectivity index (χ1n) is 12.2. The van der Waals surface area contributed by atoms with Crippen LogP contribution < -0.4 is 20.1 Å². The number of nitrogens with zero attached hydrogens (tertiary/aromatic N) is 4. The summed E-state index contributed by atoms with van der Waals surface area (Å²) in [6.45, 7) is 11.7. The summed E-state index contributed by atoms with van der Waals surface area (Å²) in [7, 11) is -4.14. The van der Waals surface area contributed by atoms with Gasteiger partial charge in [-0.15, -0.1) is 0 Å². The minimum Gasteiger partial charge on any atom is -0.490 e. The molecule has 1 aliphatic heterocycles. The number of hydrogen-bond acceptors (Lipinski definition) is 8. The van der Waals surface area contributed by atoms with E-state index in [4.69, 9.17) is 15.5 Å². The van der Waals surface area contributed by atoms with Crippen LogP contribution in [0.1, 0.15) is 51.4 Å². The molecular formula is C26H34N6O4S. The average Bonchev–Trinajstić information content (AvgIpc) is 3.40. The fourth-order valence-electron chi connectivity index (χ4n) is 4.60. The van der Waals surface area contributed by atoms with Crippen LogP contribution in [-0.2, 0) is 10.0 Å². The number of anilines is 2. The van der Waals surface area contributed by atoms with Crippen molar-refractivity contribution in [2.24, 2.45) is 11.8 Å². The number of nitrogens with one attached hydrogen (secondary N) is 1. The maximum atomic E-state index is 13.4. The molecule has 10 nitrogen and oxygen atoms in total. The standard InChI is InChI=1S/C26H34N6O4S/c1-17(2)16-36-20-13-28-32(15-20)23-10-9-22(24(29-23)31-14-18(3)12-26(31,4)5)25(33)30-37(34,35)21-8-6-7-19(27)11-21/h6-11,13,15,17-18H,12,14,16,27H2,1-5H3,(H,30,33)/t18-/m0/s1. The number of nitrogens with two attached hydrogens (primary N) is 1. The van der Waals surface area contributed by atoms with Crippen molar-refractivity contribution in [2.75, 3.05) is 23.8 Å². The summed E-state index contributed by atoms with van der Waals surface area (Å²) in [6, 6.07) is 9.00. The molecule has 11 heteroatoms. The van der Waals surface area contributed by atoms with Gasteiger partial charge in [0.25, 0.3) is 15.9 Å². The highest BCUT2D eigenvalue weighted by atomic mass is 32.2. The molecule has 4 rings (SSSR count). The van der Waals surface area contributed by atoms with E-state index in [1.165, 1.54) is 18.2 Å². The lowest BCUT2D eigenvalue weighted by Crippen LogP contribution is -2.41.